The highest BCUT2D eigenvalue weighted by Gasteiger charge is 2.19. The van der Waals surface area contributed by atoms with E-state index in [1.807, 2.05) is 18.2 Å². The van der Waals surface area contributed by atoms with Crippen LogP contribution in [0.3, 0.4) is 0 Å². The number of hydrogen-bond donors (Lipinski definition) is 0. The normalized spacial score (nSPS) is 14.9. The lowest BCUT2D eigenvalue weighted by Crippen LogP contribution is -2.36. The van der Waals surface area contributed by atoms with Crippen LogP contribution >= 0.6 is 23.2 Å². The maximum atomic E-state index is 11.4. The van der Waals surface area contributed by atoms with Gasteiger partial charge in [-0.15, -0.1) is 11.6 Å². The lowest BCUT2D eigenvalue weighted by atomic mass is 10.00. The Morgan fingerprint density at radius 3 is 2.93 bits per heavy atom. The number of halogens is 2. The second kappa shape index (κ2) is 4.42. The van der Waals surface area contributed by atoms with Crippen molar-refractivity contribution < 1.29 is 4.79 Å². The van der Waals surface area contributed by atoms with E-state index in [0.717, 1.165) is 18.5 Å². The Balaban J connectivity index is 2.22. The monoisotopic (exact) mass is 243 g/mol. The molecule has 2 rings (SSSR count). The molecule has 0 fully saturated rings. The van der Waals surface area contributed by atoms with E-state index < -0.39 is 0 Å². The molecular formula is C11H11Cl2NO. The number of hydrogen-bond acceptors (Lipinski definition) is 1. The third-order valence-electron chi connectivity index (χ3n) is 2.65. The molecule has 0 saturated carbocycles. The summed E-state index contributed by atoms with van der Waals surface area (Å²) in [6.45, 7) is 1.38. The van der Waals surface area contributed by atoms with Gasteiger partial charge in [0, 0.05) is 18.1 Å². The molecule has 4 heteroatoms. The smallest absolute Gasteiger partial charge is 0.237 e. The summed E-state index contributed by atoms with van der Waals surface area (Å²) >= 11 is 11.4. The predicted molar refractivity (Wildman–Crippen MR) is 61.3 cm³/mol. The van der Waals surface area contributed by atoms with Crippen molar-refractivity contribution in [3.8, 4) is 0 Å². The first-order valence-corrected chi connectivity index (χ1v) is 5.73. The molecule has 1 aliphatic heterocycles. The van der Waals surface area contributed by atoms with Crippen LogP contribution in [-0.4, -0.2) is 23.2 Å². The molecule has 15 heavy (non-hydrogen) atoms. The van der Waals surface area contributed by atoms with Crippen molar-refractivity contribution in [1.29, 1.82) is 0 Å². The average Bonchev–Trinajstić information content (AvgIpc) is 2.27. The number of fused-ring (bicyclic) bond motifs is 1. The van der Waals surface area contributed by atoms with Gasteiger partial charge in [-0.25, -0.2) is 0 Å². The minimum absolute atomic E-state index is 0.0118. The van der Waals surface area contributed by atoms with Crippen LogP contribution in [0, 0.1) is 0 Å². The molecule has 0 N–H and O–H groups in total. The van der Waals surface area contributed by atoms with Crippen molar-refractivity contribution in [2.24, 2.45) is 0 Å². The molecule has 0 bridgehead atoms. The number of carbonyl (C=O) groups is 1. The predicted octanol–water partition coefficient (Wildman–Crippen LogP) is 2.46. The molecule has 0 aromatic heterocycles. The number of alkyl halides is 1. The molecule has 1 heterocycles. The van der Waals surface area contributed by atoms with Gasteiger partial charge >= 0.3 is 0 Å². The minimum Gasteiger partial charge on any atom is -0.337 e. The van der Waals surface area contributed by atoms with Crippen LogP contribution in [-0.2, 0) is 17.8 Å². The number of nitrogens with zero attached hydrogens (tertiary/aromatic N) is 1. The topological polar surface area (TPSA) is 20.3 Å². The van der Waals surface area contributed by atoms with Gasteiger partial charge in [0.2, 0.25) is 5.91 Å². The molecule has 1 aliphatic rings. The first-order valence-electron chi connectivity index (χ1n) is 4.82. The van der Waals surface area contributed by atoms with Gasteiger partial charge in [0.05, 0.1) is 0 Å². The van der Waals surface area contributed by atoms with Crippen LogP contribution in [0.5, 0.6) is 0 Å². The fraction of sp³-hybridized carbons (Fsp3) is 0.364. The molecule has 0 aliphatic carbocycles. The second-order valence-electron chi connectivity index (χ2n) is 3.61. The van der Waals surface area contributed by atoms with E-state index in [2.05, 4.69) is 0 Å². The van der Waals surface area contributed by atoms with E-state index in [-0.39, 0.29) is 11.8 Å². The summed E-state index contributed by atoms with van der Waals surface area (Å²) in [4.78, 5) is 13.2. The second-order valence-corrected chi connectivity index (χ2v) is 4.32. The Morgan fingerprint density at radius 2 is 2.20 bits per heavy atom. The number of rotatable bonds is 1. The van der Waals surface area contributed by atoms with Gasteiger partial charge in [0.25, 0.3) is 0 Å². The SMILES string of the molecule is O=C(CCl)N1CCc2ccc(Cl)cc2C1. The van der Waals surface area contributed by atoms with Crippen molar-refractivity contribution in [2.75, 3.05) is 12.4 Å². The van der Waals surface area contributed by atoms with Gasteiger partial charge in [-0.1, -0.05) is 17.7 Å². The molecule has 0 saturated heterocycles. The minimum atomic E-state index is -0.0118. The highest BCUT2D eigenvalue weighted by Crippen LogP contribution is 2.22. The molecule has 1 aromatic rings. The zero-order valence-electron chi connectivity index (χ0n) is 8.17. The van der Waals surface area contributed by atoms with Gasteiger partial charge in [0.1, 0.15) is 5.88 Å². The van der Waals surface area contributed by atoms with Gasteiger partial charge in [-0.2, -0.15) is 0 Å². The van der Waals surface area contributed by atoms with E-state index in [0.29, 0.717) is 11.6 Å². The van der Waals surface area contributed by atoms with Gasteiger partial charge in [0.15, 0.2) is 0 Å². The Labute approximate surface area is 98.8 Å². The molecule has 1 aromatic carbocycles. The summed E-state index contributed by atoms with van der Waals surface area (Å²) in [5.74, 6) is 0.0397. The maximum absolute atomic E-state index is 11.4. The average molecular weight is 244 g/mol. The highest BCUT2D eigenvalue weighted by atomic mass is 35.5. The Bertz CT molecular complexity index is 392. The summed E-state index contributed by atoms with van der Waals surface area (Å²) in [5.41, 5.74) is 2.41. The lowest BCUT2D eigenvalue weighted by molar-refractivity contribution is -0.129. The molecule has 0 atom stereocenters. The summed E-state index contributed by atoms with van der Waals surface area (Å²) in [6, 6.07) is 5.84. The zero-order valence-corrected chi connectivity index (χ0v) is 9.68. The zero-order chi connectivity index (χ0) is 10.8. The molecule has 1 amide bonds. The van der Waals surface area contributed by atoms with Crippen LogP contribution < -0.4 is 0 Å². The van der Waals surface area contributed by atoms with Crippen LogP contribution in [0.4, 0.5) is 0 Å². The van der Waals surface area contributed by atoms with Crippen molar-refractivity contribution >= 4 is 29.1 Å². The largest absolute Gasteiger partial charge is 0.337 e. The molecular weight excluding hydrogens is 233 g/mol. The van der Waals surface area contributed by atoms with Crippen molar-refractivity contribution in [1.82, 2.24) is 4.90 Å². The van der Waals surface area contributed by atoms with E-state index in [1.165, 1.54) is 5.56 Å². The van der Waals surface area contributed by atoms with Crippen LogP contribution in [0.2, 0.25) is 5.02 Å². The van der Waals surface area contributed by atoms with Crippen molar-refractivity contribution in [3.63, 3.8) is 0 Å². The third kappa shape index (κ3) is 2.27. The van der Waals surface area contributed by atoms with Crippen LogP contribution in [0.15, 0.2) is 18.2 Å². The molecule has 80 valence electrons. The molecule has 0 radical (unpaired) electrons. The first kappa shape index (κ1) is 10.8. The maximum Gasteiger partial charge on any atom is 0.237 e. The standard InChI is InChI=1S/C11H11Cl2NO/c12-6-11(15)14-4-3-8-1-2-10(13)5-9(8)7-14/h1-2,5H,3-4,6-7H2. The van der Waals surface area contributed by atoms with Crippen molar-refractivity contribution in [2.45, 2.75) is 13.0 Å². The van der Waals surface area contributed by atoms with E-state index in [4.69, 9.17) is 23.2 Å². The fourth-order valence-corrected chi connectivity index (χ4v) is 2.19. The first-order chi connectivity index (χ1) is 7.20. The van der Waals surface area contributed by atoms with Crippen LogP contribution in [0.25, 0.3) is 0 Å². The summed E-state index contributed by atoms with van der Waals surface area (Å²) in [7, 11) is 0. The number of amides is 1. The van der Waals surface area contributed by atoms with E-state index >= 15 is 0 Å². The summed E-state index contributed by atoms with van der Waals surface area (Å²) < 4.78 is 0. The van der Waals surface area contributed by atoms with Crippen LogP contribution in [0.1, 0.15) is 11.1 Å². The van der Waals surface area contributed by atoms with Crippen molar-refractivity contribution in [3.05, 3.63) is 34.3 Å². The molecule has 0 unspecified atom stereocenters. The lowest BCUT2D eigenvalue weighted by Gasteiger charge is -2.28. The van der Waals surface area contributed by atoms with Gasteiger partial charge < -0.3 is 4.90 Å². The number of benzene rings is 1. The Morgan fingerprint density at radius 1 is 1.40 bits per heavy atom. The van der Waals surface area contributed by atoms with Gasteiger partial charge in [-0.05, 0) is 29.7 Å². The third-order valence-corrected chi connectivity index (χ3v) is 3.11. The Hall–Kier alpha value is -0.730. The molecule has 0 spiro atoms. The van der Waals surface area contributed by atoms with E-state index in [9.17, 15) is 4.79 Å². The summed E-state index contributed by atoms with van der Waals surface area (Å²) in [6.07, 6.45) is 0.884. The van der Waals surface area contributed by atoms with Gasteiger partial charge in [-0.3, -0.25) is 4.79 Å². The fourth-order valence-electron chi connectivity index (χ4n) is 1.82. The molecule has 2 nitrogen and oxygen atoms in total. The van der Waals surface area contributed by atoms with E-state index in [1.54, 1.807) is 4.90 Å². The summed E-state index contributed by atoms with van der Waals surface area (Å²) in [5, 5.41) is 0.717. The number of carbonyl (C=O) groups excluding carboxylic acids is 1. The quantitative estimate of drug-likeness (QED) is 0.695. The Kier molecular flexibility index (Phi) is 3.17. The highest BCUT2D eigenvalue weighted by molar-refractivity contribution is 6.30.